The van der Waals surface area contributed by atoms with Crippen LogP contribution in [0.15, 0.2) is 0 Å². The monoisotopic (exact) mass is 152 g/mol. The number of hydrogen-bond acceptors (Lipinski definition) is 1. The van der Waals surface area contributed by atoms with Crippen molar-refractivity contribution in [2.75, 3.05) is 0 Å². The number of fused-ring (bicyclic) bond motifs is 1. The van der Waals surface area contributed by atoms with Crippen LogP contribution in [0.2, 0.25) is 0 Å². The minimum absolute atomic E-state index is 0.125. The largest absolute Gasteiger partial charge is 0.303 e. The molecule has 0 heterocycles. The average Bonchev–Trinajstić information content (AvgIpc) is 2.53. The van der Waals surface area contributed by atoms with Gasteiger partial charge in [0.2, 0.25) is 0 Å². The van der Waals surface area contributed by atoms with Crippen LogP contribution in [0.3, 0.4) is 0 Å². The van der Waals surface area contributed by atoms with Gasteiger partial charge in [0.15, 0.2) is 0 Å². The van der Waals surface area contributed by atoms with E-state index in [1.807, 2.05) is 0 Å². The Morgan fingerprint density at radius 1 is 1.36 bits per heavy atom. The van der Waals surface area contributed by atoms with E-state index in [0.29, 0.717) is 5.92 Å². The second kappa shape index (κ2) is 2.33. The Morgan fingerprint density at radius 3 is 2.82 bits per heavy atom. The summed E-state index contributed by atoms with van der Waals surface area (Å²) in [5.74, 6) is 1.41. The van der Waals surface area contributed by atoms with E-state index in [-0.39, 0.29) is 5.41 Å². The van der Waals surface area contributed by atoms with E-state index in [0.717, 1.165) is 5.92 Å². The molecule has 2 aliphatic carbocycles. The van der Waals surface area contributed by atoms with Crippen molar-refractivity contribution in [3.63, 3.8) is 0 Å². The maximum atomic E-state index is 11.0. The highest BCUT2D eigenvalue weighted by molar-refractivity contribution is 5.62. The van der Waals surface area contributed by atoms with Crippen LogP contribution in [-0.4, -0.2) is 6.29 Å². The first-order valence-corrected chi connectivity index (χ1v) is 4.76. The summed E-state index contributed by atoms with van der Waals surface area (Å²) < 4.78 is 0. The predicted molar refractivity (Wildman–Crippen MR) is 44.2 cm³/mol. The Hall–Kier alpha value is -0.330. The van der Waals surface area contributed by atoms with Crippen molar-refractivity contribution in [2.24, 2.45) is 17.3 Å². The summed E-state index contributed by atoms with van der Waals surface area (Å²) in [5.41, 5.74) is 0.125. The molecule has 0 saturated heterocycles. The van der Waals surface area contributed by atoms with Crippen molar-refractivity contribution in [2.45, 2.75) is 39.0 Å². The van der Waals surface area contributed by atoms with Crippen LogP contribution in [-0.2, 0) is 4.79 Å². The maximum Gasteiger partial charge on any atom is 0.126 e. The second-order valence-electron chi connectivity index (χ2n) is 4.30. The molecule has 0 bridgehead atoms. The van der Waals surface area contributed by atoms with Crippen LogP contribution >= 0.6 is 0 Å². The summed E-state index contributed by atoms with van der Waals surface area (Å²) in [5, 5.41) is 0. The average molecular weight is 152 g/mol. The van der Waals surface area contributed by atoms with Gasteiger partial charge in [-0.05, 0) is 37.5 Å². The summed E-state index contributed by atoms with van der Waals surface area (Å²) in [7, 11) is 0. The molecule has 0 unspecified atom stereocenters. The molecule has 2 fully saturated rings. The fourth-order valence-corrected chi connectivity index (χ4v) is 3.18. The fraction of sp³-hybridized carbons (Fsp3) is 0.900. The summed E-state index contributed by atoms with van der Waals surface area (Å²) in [6.07, 6.45) is 7.62. The van der Waals surface area contributed by atoms with E-state index in [1.165, 1.54) is 38.4 Å². The van der Waals surface area contributed by atoms with Crippen molar-refractivity contribution in [3.05, 3.63) is 0 Å². The molecule has 0 aromatic rings. The molecular weight excluding hydrogens is 136 g/mol. The first kappa shape index (κ1) is 7.33. The predicted octanol–water partition coefficient (Wildman–Crippen LogP) is 2.40. The first-order chi connectivity index (χ1) is 5.29. The van der Waals surface area contributed by atoms with Gasteiger partial charge in [-0.3, -0.25) is 0 Å². The Morgan fingerprint density at radius 2 is 2.18 bits per heavy atom. The molecular formula is C10H16O. The Bertz CT molecular complexity index is 176. The third-order valence-corrected chi connectivity index (χ3v) is 4.01. The van der Waals surface area contributed by atoms with Crippen molar-refractivity contribution in [1.29, 1.82) is 0 Å². The highest BCUT2D eigenvalue weighted by atomic mass is 16.1. The molecule has 2 aliphatic rings. The smallest absolute Gasteiger partial charge is 0.126 e. The lowest BCUT2D eigenvalue weighted by molar-refractivity contribution is -0.119. The SMILES string of the molecule is C[C@H]1CC[C@@H]2CCC[C@@]21C=O. The lowest BCUT2D eigenvalue weighted by Crippen LogP contribution is -2.27. The van der Waals surface area contributed by atoms with Gasteiger partial charge >= 0.3 is 0 Å². The molecule has 0 spiro atoms. The van der Waals surface area contributed by atoms with Crippen molar-refractivity contribution >= 4 is 6.29 Å². The standard InChI is InChI=1S/C10H16O/c1-8-4-5-9-3-2-6-10(8,9)7-11/h7-9H,2-6H2,1H3/t8-,9-,10-/m0/s1. The molecule has 0 amide bonds. The lowest BCUT2D eigenvalue weighted by atomic mass is 9.76. The first-order valence-electron chi connectivity index (χ1n) is 4.76. The quantitative estimate of drug-likeness (QED) is 0.527. The van der Waals surface area contributed by atoms with E-state index < -0.39 is 0 Å². The Kier molecular flexibility index (Phi) is 1.55. The van der Waals surface area contributed by atoms with E-state index >= 15 is 0 Å². The summed E-state index contributed by atoms with van der Waals surface area (Å²) in [6.45, 7) is 2.25. The van der Waals surface area contributed by atoms with Gasteiger partial charge in [0.25, 0.3) is 0 Å². The van der Waals surface area contributed by atoms with Crippen molar-refractivity contribution in [1.82, 2.24) is 0 Å². The van der Waals surface area contributed by atoms with E-state index in [9.17, 15) is 4.79 Å². The van der Waals surface area contributed by atoms with Crippen LogP contribution in [0.4, 0.5) is 0 Å². The highest BCUT2D eigenvalue weighted by Crippen LogP contribution is 2.55. The molecule has 0 aromatic heterocycles. The Labute approximate surface area is 68.2 Å². The molecule has 1 nitrogen and oxygen atoms in total. The van der Waals surface area contributed by atoms with E-state index in [1.54, 1.807) is 0 Å². The molecule has 0 aromatic carbocycles. The van der Waals surface area contributed by atoms with Crippen LogP contribution in [0.1, 0.15) is 39.0 Å². The number of carbonyl (C=O) groups excluding carboxylic acids is 1. The molecule has 0 N–H and O–H groups in total. The van der Waals surface area contributed by atoms with Gasteiger partial charge in [-0.2, -0.15) is 0 Å². The molecule has 0 aliphatic heterocycles. The minimum Gasteiger partial charge on any atom is -0.303 e. The van der Waals surface area contributed by atoms with Crippen LogP contribution in [0.5, 0.6) is 0 Å². The van der Waals surface area contributed by atoms with Gasteiger partial charge in [0.05, 0.1) is 0 Å². The second-order valence-corrected chi connectivity index (χ2v) is 4.30. The summed E-state index contributed by atoms with van der Waals surface area (Å²) in [6, 6.07) is 0. The van der Waals surface area contributed by atoms with Gasteiger partial charge in [-0.15, -0.1) is 0 Å². The zero-order valence-electron chi connectivity index (χ0n) is 7.18. The summed E-state index contributed by atoms with van der Waals surface area (Å²) >= 11 is 0. The molecule has 0 radical (unpaired) electrons. The van der Waals surface area contributed by atoms with E-state index in [2.05, 4.69) is 6.92 Å². The highest BCUT2D eigenvalue weighted by Gasteiger charge is 2.50. The minimum atomic E-state index is 0.125. The van der Waals surface area contributed by atoms with Gasteiger partial charge in [-0.1, -0.05) is 13.3 Å². The van der Waals surface area contributed by atoms with Crippen molar-refractivity contribution in [3.8, 4) is 0 Å². The van der Waals surface area contributed by atoms with Gasteiger partial charge in [-0.25, -0.2) is 0 Å². The molecule has 2 saturated carbocycles. The molecule has 1 heteroatoms. The zero-order valence-corrected chi connectivity index (χ0v) is 7.18. The van der Waals surface area contributed by atoms with Gasteiger partial charge < -0.3 is 4.79 Å². The molecule has 3 atom stereocenters. The third kappa shape index (κ3) is 0.800. The number of aldehydes is 1. The molecule has 11 heavy (non-hydrogen) atoms. The fourth-order valence-electron chi connectivity index (χ4n) is 3.18. The lowest BCUT2D eigenvalue weighted by Gasteiger charge is -2.26. The van der Waals surface area contributed by atoms with Gasteiger partial charge in [0.1, 0.15) is 6.29 Å². The van der Waals surface area contributed by atoms with Crippen LogP contribution in [0, 0.1) is 17.3 Å². The van der Waals surface area contributed by atoms with Crippen LogP contribution in [0.25, 0.3) is 0 Å². The number of rotatable bonds is 1. The van der Waals surface area contributed by atoms with Crippen LogP contribution < -0.4 is 0 Å². The molecule has 62 valence electrons. The third-order valence-electron chi connectivity index (χ3n) is 4.01. The zero-order chi connectivity index (χ0) is 7.90. The Balaban J connectivity index is 2.29. The van der Waals surface area contributed by atoms with Gasteiger partial charge in [0, 0.05) is 5.41 Å². The number of hydrogen-bond donors (Lipinski definition) is 0. The summed E-state index contributed by atoms with van der Waals surface area (Å²) in [4.78, 5) is 11.0. The topological polar surface area (TPSA) is 17.1 Å². The maximum absolute atomic E-state index is 11.0. The normalized spacial score (nSPS) is 49.2. The van der Waals surface area contributed by atoms with E-state index in [4.69, 9.17) is 0 Å². The number of carbonyl (C=O) groups is 1. The molecule has 2 rings (SSSR count). The van der Waals surface area contributed by atoms with Crippen molar-refractivity contribution < 1.29 is 4.79 Å².